The number of amides is 2. The van der Waals surface area contributed by atoms with Crippen LogP contribution in [0.15, 0.2) is 89.7 Å². The van der Waals surface area contributed by atoms with Crippen LogP contribution in [0.3, 0.4) is 0 Å². The minimum absolute atomic E-state index is 0.143. The summed E-state index contributed by atoms with van der Waals surface area (Å²) in [5.74, 6) is -0.919. The molecule has 0 atom stereocenters. The number of hydrogen-bond donors (Lipinski definition) is 2. The molecule has 33 heavy (non-hydrogen) atoms. The SMILES string of the molecule is Cc1c(C(=O)NNC(=O)c2cn(-c3ccccc3)nc2-c2cccnc2)oc2ccccc12. The van der Waals surface area contributed by atoms with Crippen LogP contribution in [0.1, 0.15) is 26.5 Å². The monoisotopic (exact) mass is 437 g/mol. The predicted molar refractivity (Wildman–Crippen MR) is 123 cm³/mol. The molecule has 162 valence electrons. The highest BCUT2D eigenvalue weighted by molar-refractivity contribution is 6.03. The number of nitrogens with one attached hydrogen (secondary N) is 2. The summed E-state index contributed by atoms with van der Waals surface area (Å²) < 4.78 is 7.28. The summed E-state index contributed by atoms with van der Waals surface area (Å²) in [7, 11) is 0. The van der Waals surface area contributed by atoms with E-state index in [1.165, 1.54) is 0 Å². The Morgan fingerprint density at radius 3 is 2.42 bits per heavy atom. The minimum Gasteiger partial charge on any atom is -0.451 e. The van der Waals surface area contributed by atoms with Gasteiger partial charge in [-0.05, 0) is 37.3 Å². The molecule has 3 heterocycles. The summed E-state index contributed by atoms with van der Waals surface area (Å²) in [6, 6.07) is 20.4. The van der Waals surface area contributed by atoms with Gasteiger partial charge in [-0.1, -0.05) is 36.4 Å². The van der Waals surface area contributed by atoms with Crippen LogP contribution >= 0.6 is 0 Å². The molecule has 0 aliphatic rings. The van der Waals surface area contributed by atoms with E-state index < -0.39 is 11.8 Å². The summed E-state index contributed by atoms with van der Waals surface area (Å²) in [6.07, 6.45) is 4.89. The predicted octanol–water partition coefficient (Wildman–Crippen LogP) is 4.06. The fraction of sp³-hybridized carbons (Fsp3) is 0.0400. The number of para-hydroxylation sites is 2. The molecule has 0 unspecified atom stereocenters. The molecule has 0 saturated heterocycles. The fourth-order valence-electron chi connectivity index (χ4n) is 3.60. The molecule has 2 amide bonds. The highest BCUT2D eigenvalue weighted by Crippen LogP contribution is 2.25. The summed E-state index contributed by atoms with van der Waals surface area (Å²) in [5.41, 5.74) is 8.42. The Balaban J connectivity index is 1.42. The van der Waals surface area contributed by atoms with Gasteiger partial charge in [-0.15, -0.1) is 0 Å². The van der Waals surface area contributed by atoms with Crippen LogP contribution < -0.4 is 10.9 Å². The maximum atomic E-state index is 13.0. The van der Waals surface area contributed by atoms with E-state index in [1.54, 1.807) is 42.3 Å². The summed E-state index contributed by atoms with van der Waals surface area (Å²) >= 11 is 0. The number of furan rings is 1. The number of benzene rings is 2. The lowest BCUT2D eigenvalue weighted by Crippen LogP contribution is -2.41. The lowest BCUT2D eigenvalue weighted by molar-refractivity contribution is 0.0832. The van der Waals surface area contributed by atoms with E-state index in [0.717, 1.165) is 11.1 Å². The molecule has 2 N–H and O–H groups in total. The van der Waals surface area contributed by atoms with E-state index in [-0.39, 0.29) is 11.3 Å². The number of hydrazine groups is 1. The van der Waals surface area contributed by atoms with E-state index >= 15 is 0 Å². The van der Waals surface area contributed by atoms with Gasteiger partial charge in [-0.3, -0.25) is 25.4 Å². The molecule has 5 aromatic rings. The van der Waals surface area contributed by atoms with Crippen LogP contribution in [-0.4, -0.2) is 26.6 Å². The fourth-order valence-corrected chi connectivity index (χ4v) is 3.60. The number of pyridine rings is 1. The first-order valence-corrected chi connectivity index (χ1v) is 10.3. The topological polar surface area (TPSA) is 102 Å². The first kappa shape index (κ1) is 20.2. The van der Waals surface area contributed by atoms with Gasteiger partial charge in [0.2, 0.25) is 0 Å². The average Bonchev–Trinajstić information content (AvgIpc) is 3.46. The Hall–Kier alpha value is -4.72. The first-order valence-electron chi connectivity index (χ1n) is 10.3. The summed E-state index contributed by atoms with van der Waals surface area (Å²) in [4.78, 5) is 29.9. The number of fused-ring (bicyclic) bond motifs is 1. The second-order valence-electron chi connectivity index (χ2n) is 7.37. The van der Waals surface area contributed by atoms with E-state index in [4.69, 9.17) is 4.42 Å². The Bertz CT molecular complexity index is 1460. The van der Waals surface area contributed by atoms with Gasteiger partial charge in [0.05, 0.1) is 11.3 Å². The molecule has 5 rings (SSSR count). The third kappa shape index (κ3) is 3.85. The van der Waals surface area contributed by atoms with Crippen molar-refractivity contribution in [1.29, 1.82) is 0 Å². The Labute approximate surface area is 188 Å². The second-order valence-corrected chi connectivity index (χ2v) is 7.37. The lowest BCUT2D eigenvalue weighted by atomic mass is 10.1. The van der Waals surface area contributed by atoms with Crippen LogP contribution in [-0.2, 0) is 0 Å². The van der Waals surface area contributed by atoms with Gasteiger partial charge in [0.15, 0.2) is 5.76 Å². The van der Waals surface area contributed by atoms with Crippen molar-refractivity contribution in [3.63, 3.8) is 0 Å². The van der Waals surface area contributed by atoms with Crippen LogP contribution in [0.4, 0.5) is 0 Å². The molecule has 0 radical (unpaired) electrons. The third-order valence-electron chi connectivity index (χ3n) is 5.25. The molecule has 0 saturated carbocycles. The van der Waals surface area contributed by atoms with Crippen molar-refractivity contribution >= 4 is 22.8 Å². The molecule has 0 aliphatic heterocycles. The first-order chi connectivity index (χ1) is 16.1. The molecule has 2 aromatic carbocycles. The summed E-state index contributed by atoms with van der Waals surface area (Å²) in [6.45, 7) is 1.80. The van der Waals surface area contributed by atoms with Gasteiger partial charge in [0.25, 0.3) is 5.91 Å². The quantitative estimate of drug-likeness (QED) is 0.413. The highest BCUT2D eigenvalue weighted by atomic mass is 16.3. The van der Waals surface area contributed by atoms with Gasteiger partial charge in [-0.2, -0.15) is 5.10 Å². The van der Waals surface area contributed by atoms with Crippen molar-refractivity contribution in [3.05, 3.63) is 102 Å². The van der Waals surface area contributed by atoms with Crippen LogP contribution in [0.25, 0.3) is 27.9 Å². The largest absolute Gasteiger partial charge is 0.451 e. The standard InChI is InChI=1S/C25H19N5O3/c1-16-19-11-5-6-12-21(19)33-23(16)25(32)28-27-24(31)20-15-30(18-9-3-2-4-10-18)29-22(20)17-8-7-13-26-14-17/h2-15H,1H3,(H,27,31)(H,28,32). The Morgan fingerprint density at radius 2 is 1.67 bits per heavy atom. The van der Waals surface area contributed by atoms with Crippen molar-refractivity contribution in [2.24, 2.45) is 0 Å². The van der Waals surface area contributed by atoms with Crippen molar-refractivity contribution in [2.45, 2.75) is 6.92 Å². The molecular formula is C25H19N5O3. The number of hydrogen-bond acceptors (Lipinski definition) is 5. The highest BCUT2D eigenvalue weighted by Gasteiger charge is 2.21. The molecule has 8 heteroatoms. The molecule has 3 aromatic heterocycles. The van der Waals surface area contributed by atoms with E-state index in [1.807, 2.05) is 54.6 Å². The van der Waals surface area contributed by atoms with E-state index in [2.05, 4.69) is 20.9 Å². The zero-order chi connectivity index (χ0) is 22.8. The molecule has 0 spiro atoms. The number of aromatic nitrogens is 3. The van der Waals surface area contributed by atoms with Gasteiger partial charge in [0.1, 0.15) is 11.3 Å². The smallest absolute Gasteiger partial charge is 0.305 e. The van der Waals surface area contributed by atoms with Crippen molar-refractivity contribution < 1.29 is 14.0 Å². The van der Waals surface area contributed by atoms with Crippen LogP contribution in [0.5, 0.6) is 0 Å². The zero-order valence-corrected chi connectivity index (χ0v) is 17.6. The number of rotatable bonds is 4. The van der Waals surface area contributed by atoms with Gasteiger partial charge in [-0.25, -0.2) is 4.68 Å². The number of aryl methyl sites for hydroxylation is 1. The molecule has 0 fully saturated rings. The lowest BCUT2D eigenvalue weighted by Gasteiger charge is -2.06. The van der Waals surface area contributed by atoms with Crippen molar-refractivity contribution in [3.8, 4) is 16.9 Å². The molecular weight excluding hydrogens is 418 g/mol. The normalized spacial score (nSPS) is 10.8. The maximum absolute atomic E-state index is 13.0. The molecule has 8 nitrogen and oxygen atoms in total. The van der Waals surface area contributed by atoms with Crippen molar-refractivity contribution in [1.82, 2.24) is 25.6 Å². The number of nitrogens with zero attached hydrogens (tertiary/aromatic N) is 3. The van der Waals surface area contributed by atoms with Gasteiger partial charge < -0.3 is 4.42 Å². The summed E-state index contributed by atoms with van der Waals surface area (Å²) in [5, 5.41) is 5.43. The second kappa shape index (κ2) is 8.43. The Morgan fingerprint density at radius 1 is 0.909 bits per heavy atom. The number of carbonyl (C=O) groups is 2. The van der Waals surface area contributed by atoms with Crippen LogP contribution in [0.2, 0.25) is 0 Å². The molecule has 0 bridgehead atoms. The van der Waals surface area contributed by atoms with Gasteiger partial charge in [0, 0.05) is 35.1 Å². The van der Waals surface area contributed by atoms with Crippen molar-refractivity contribution in [2.75, 3.05) is 0 Å². The number of carbonyl (C=O) groups excluding carboxylic acids is 2. The maximum Gasteiger partial charge on any atom is 0.305 e. The van der Waals surface area contributed by atoms with E-state index in [9.17, 15) is 9.59 Å². The average molecular weight is 437 g/mol. The van der Waals surface area contributed by atoms with Crippen LogP contribution in [0, 0.1) is 6.92 Å². The van der Waals surface area contributed by atoms with E-state index in [0.29, 0.717) is 22.4 Å². The minimum atomic E-state index is -0.546. The zero-order valence-electron chi connectivity index (χ0n) is 17.6. The third-order valence-corrected chi connectivity index (χ3v) is 5.25. The molecule has 0 aliphatic carbocycles. The Kier molecular flexibility index (Phi) is 5.16. The van der Waals surface area contributed by atoms with Gasteiger partial charge >= 0.3 is 5.91 Å².